The summed E-state index contributed by atoms with van der Waals surface area (Å²) < 4.78 is 67.4. The molecule has 0 saturated carbocycles. The molecule has 3 saturated heterocycles. The van der Waals surface area contributed by atoms with Crippen molar-refractivity contribution in [2.75, 3.05) is 47.6 Å². The summed E-state index contributed by atoms with van der Waals surface area (Å²) in [5, 5.41) is 0. The number of nitrogens with two attached hydrogens (primary N) is 2. The monoisotopic (exact) mass is 944 g/mol. The lowest BCUT2D eigenvalue weighted by molar-refractivity contribution is 0.0123. The molecule has 20 heteroatoms. The first-order chi connectivity index (χ1) is 31.2. The number of amides is 2. The number of nitrogens with one attached hydrogen (secondary N) is 2. The van der Waals surface area contributed by atoms with Crippen LogP contribution < -0.4 is 30.7 Å². The van der Waals surface area contributed by atoms with E-state index >= 15 is 0 Å². The van der Waals surface area contributed by atoms with Crippen LogP contribution in [0.15, 0.2) is 76.8 Å². The SMILES string of the molecule is C[C@@H]1CN(c2nc(C3=CCCCO3)ccc2C(=O)NS(=O)(=O)c2cccnc2N)C(C)(C)C1.C[C@@H]1CN(c2nc(C3CCCCO3)ccc2C(=O)NS(=O)(=O)c2cccnc2N)C(C)(C)C1. The Morgan fingerprint density at radius 3 is 1.70 bits per heavy atom. The molecule has 4 aromatic heterocycles. The first-order valence-electron chi connectivity index (χ1n) is 22.2. The lowest BCUT2D eigenvalue weighted by atomic mass is 9.97. The Hall–Kier alpha value is -5.86. The van der Waals surface area contributed by atoms with Gasteiger partial charge in [-0.15, -0.1) is 0 Å². The van der Waals surface area contributed by atoms with E-state index in [-0.39, 0.29) is 49.7 Å². The highest BCUT2D eigenvalue weighted by molar-refractivity contribution is 7.90. The minimum Gasteiger partial charge on any atom is -0.492 e. The number of nitrogen functional groups attached to an aromatic ring is 2. The van der Waals surface area contributed by atoms with Gasteiger partial charge in [0.2, 0.25) is 0 Å². The molecule has 66 heavy (non-hydrogen) atoms. The number of ether oxygens (including phenoxy) is 2. The van der Waals surface area contributed by atoms with E-state index in [1.54, 1.807) is 24.3 Å². The van der Waals surface area contributed by atoms with E-state index in [1.807, 2.05) is 6.08 Å². The summed E-state index contributed by atoms with van der Waals surface area (Å²) in [5.41, 5.74) is 12.7. The standard InChI is InChI=1S/C23H31N5O4S.C23H29N5O4S/c2*1-15-13-23(2,3)28(14-15)21-16(9-10-17(26-21)18-7-4-5-12-32-18)22(29)27-33(30,31)19-8-6-11-25-20(19)24/h6,8-11,15,18H,4-5,7,12-14H2,1-3H3,(H2,24,25)(H,27,29);6-11,15H,4-5,12-14H2,1-3H3,(H2,24,25)(H,27,29)/t15-,18?;15-/m00/s1. The first kappa shape index (κ1) is 48.1. The number of anilines is 4. The summed E-state index contributed by atoms with van der Waals surface area (Å²) in [6, 6.07) is 12.2. The van der Waals surface area contributed by atoms with Gasteiger partial charge in [0.15, 0.2) is 0 Å². The molecule has 0 aliphatic carbocycles. The molecule has 2 amide bonds. The lowest BCUT2D eigenvalue weighted by Gasteiger charge is -2.34. The van der Waals surface area contributed by atoms with Gasteiger partial charge in [-0.2, -0.15) is 0 Å². The van der Waals surface area contributed by atoms with Gasteiger partial charge in [-0.1, -0.05) is 13.8 Å². The largest absolute Gasteiger partial charge is 0.492 e. The fraction of sp³-hybridized carbons (Fsp3) is 0.478. The topological polar surface area (TPSA) is 255 Å². The number of pyridine rings is 4. The molecule has 4 aliphatic rings. The molecule has 0 spiro atoms. The van der Waals surface area contributed by atoms with Crippen molar-refractivity contribution in [3.8, 4) is 0 Å². The maximum absolute atomic E-state index is 13.3. The fourth-order valence-electron chi connectivity index (χ4n) is 9.35. The maximum atomic E-state index is 13.3. The summed E-state index contributed by atoms with van der Waals surface area (Å²) in [4.78, 5) is 47.4. The number of sulfonamides is 2. The number of hydrogen-bond donors (Lipinski definition) is 4. The second kappa shape index (κ2) is 19.2. The van der Waals surface area contributed by atoms with Crippen LogP contribution in [0.4, 0.5) is 23.3 Å². The van der Waals surface area contributed by atoms with E-state index in [4.69, 9.17) is 30.9 Å². The molecule has 6 N–H and O–H groups in total. The first-order valence-corrected chi connectivity index (χ1v) is 25.2. The van der Waals surface area contributed by atoms with Crippen molar-refractivity contribution in [1.29, 1.82) is 0 Å². The third-order valence-corrected chi connectivity index (χ3v) is 15.0. The zero-order valence-electron chi connectivity index (χ0n) is 38.3. The van der Waals surface area contributed by atoms with Gasteiger partial charge >= 0.3 is 0 Å². The molecule has 8 rings (SSSR count). The van der Waals surface area contributed by atoms with E-state index in [9.17, 15) is 26.4 Å². The molecule has 18 nitrogen and oxygen atoms in total. The molecule has 0 radical (unpaired) electrons. The van der Waals surface area contributed by atoms with Gasteiger partial charge in [-0.05, 0) is 139 Å². The number of allylic oxidation sites excluding steroid dienone is 1. The lowest BCUT2D eigenvalue weighted by Crippen LogP contribution is -2.41. The van der Waals surface area contributed by atoms with Crippen molar-refractivity contribution >= 4 is 60.9 Å². The van der Waals surface area contributed by atoms with Crippen LogP contribution >= 0.6 is 0 Å². The summed E-state index contributed by atoms with van der Waals surface area (Å²) >= 11 is 0. The molecule has 3 fully saturated rings. The van der Waals surface area contributed by atoms with Gasteiger partial charge in [0.25, 0.3) is 31.9 Å². The van der Waals surface area contributed by atoms with Crippen LogP contribution in [0.1, 0.15) is 125 Å². The molecule has 354 valence electrons. The summed E-state index contributed by atoms with van der Waals surface area (Å²) in [7, 11) is -8.42. The number of aromatic nitrogens is 4. The van der Waals surface area contributed by atoms with Crippen LogP contribution in [-0.2, 0) is 29.5 Å². The van der Waals surface area contributed by atoms with Gasteiger partial charge in [0, 0.05) is 43.2 Å². The van der Waals surface area contributed by atoms with E-state index < -0.39 is 31.9 Å². The number of carbonyl (C=O) groups is 2. The zero-order chi connectivity index (χ0) is 47.6. The van der Waals surface area contributed by atoms with E-state index in [1.165, 1.54) is 36.7 Å². The average Bonchev–Trinajstić information content (AvgIpc) is 3.72. The van der Waals surface area contributed by atoms with E-state index in [0.717, 1.165) is 57.2 Å². The van der Waals surface area contributed by atoms with Crippen LogP contribution in [0.2, 0.25) is 0 Å². The number of rotatable bonds is 10. The van der Waals surface area contributed by atoms with Crippen LogP contribution in [-0.4, -0.2) is 86.0 Å². The predicted octanol–water partition coefficient (Wildman–Crippen LogP) is 6.00. The Morgan fingerprint density at radius 2 is 1.24 bits per heavy atom. The Balaban J connectivity index is 0.000000196. The summed E-state index contributed by atoms with van der Waals surface area (Å²) in [6.07, 6.45) is 11.3. The Labute approximate surface area is 387 Å². The Morgan fingerprint density at radius 1 is 0.712 bits per heavy atom. The zero-order valence-corrected chi connectivity index (χ0v) is 39.9. The van der Waals surface area contributed by atoms with Crippen molar-refractivity contribution in [2.45, 2.75) is 113 Å². The molecular weight excluding hydrogens is 885 g/mol. The van der Waals surface area contributed by atoms with E-state index in [0.29, 0.717) is 54.7 Å². The average molecular weight is 945 g/mol. The highest BCUT2D eigenvalue weighted by Crippen LogP contribution is 2.40. The number of carbonyl (C=O) groups excluding carboxylic acids is 2. The van der Waals surface area contributed by atoms with Crippen LogP contribution in [0.25, 0.3) is 5.76 Å². The minimum absolute atomic E-state index is 0.128. The van der Waals surface area contributed by atoms with Gasteiger partial charge in [0.1, 0.15) is 44.5 Å². The summed E-state index contributed by atoms with van der Waals surface area (Å²) in [6.45, 7) is 15.4. The molecule has 3 atom stereocenters. The molecule has 0 aromatic carbocycles. The van der Waals surface area contributed by atoms with Gasteiger partial charge in [-0.3, -0.25) is 9.59 Å². The van der Waals surface area contributed by atoms with Crippen molar-refractivity contribution in [3.05, 3.63) is 89.5 Å². The minimum atomic E-state index is -4.22. The molecule has 4 aliphatic heterocycles. The highest BCUT2D eigenvalue weighted by atomic mass is 32.2. The third kappa shape index (κ3) is 10.5. The van der Waals surface area contributed by atoms with Crippen LogP contribution in [0, 0.1) is 11.8 Å². The van der Waals surface area contributed by atoms with Crippen molar-refractivity contribution in [2.24, 2.45) is 11.8 Å². The highest BCUT2D eigenvalue weighted by Gasteiger charge is 2.41. The quantitative estimate of drug-likeness (QED) is 0.142. The van der Waals surface area contributed by atoms with Crippen molar-refractivity contribution < 1.29 is 35.9 Å². The number of hydrogen-bond acceptors (Lipinski definition) is 16. The second-order valence-electron chi connectivity index (χ2n) is 18.7. The van der Waals surface area contributed by atoms with Crippen molar-refractivity contribution in [3.63, 3.8) is 0 Å². The molecule has 1 unspecified atom stereocenters. The maximum Gasteiger partial charge on any atom is 0.268 e. The third-order valence-electron chi connectivity index (χ3n) is 12.2. The van der Waals surface area contributed by atoms with Crippen LogP contribution in [0.5, 0.6) is 0 Å². The summed E-state index contributed by atoms with van der Waals surface area (Å²) in [5.74, 6) is 0.504. The number of nitrogens with zero attached hydrogens (tertiary/aromatic N) is 6. The molecule has 8 heterocycles. The Kier molecular flexibility index (Phi) is 14.0. The van der Waals surface area contributed by atoms with Crippen LogP contribution in [0.3, 0.4) is 0 Å². The molecule has 4 aromatic rings. The molecular formula is C46H60N10O8S2. The van der Waals surface area contributed by atoms with Gasteiger partial charge in [0.05, 0.1) is 29.5 Å². The fourth-order valence-corrected chi connectivity index (χ4v) is 11.4. The smallest absolute Gasteiger partial charge is 0.268 e. The van der Waals surface area contributed by atoms with Gasteiger partial charge < -0.3 is 30.7 Å². The van der Waals surface area contributed by atoms with Crippen molar-refractivity contribution in [1.82, 2.24) is 29.4 Å². The predicted molar refractivity (Wildman–Crippen MR) is 251 cm³/mol. The second-order valence-corrected chi connectivity index (χ2v) is 22.0. The van der Waals surface area contributed by atoms with E-state index in [2.05, 4.69) is 70.8 Å². The molecule has 0 bridgehead atoms. The Bertz CT molecular complexity index is 2720. The normalized spacial score (nSPS) is 21.5. The van der Waals surface area contributed by atoms with Gasteiger partial charge in [-0.25, -0.2) is 46.2 Å².